The average Bonchev–Trinajstić information content (AvgIpc) is 3.42. The molecule has 29 heavy (non-hydrogen) atoms. The van der Waals surface area contributed by atoms with Crippen molar-refractivity contribution in [2.75, 3.05) is 18.5 Å². The molecule has 4 aliphatic heterocycles. The minimum atomic E-state index is -1.44. The third-order valence-electron chi connectivity index (χ3n) is 6.66. The summed E-state index contributed by atoms with van der Waals surface area (Å²) in [4.78, 5) is 41.2. The number of fused-ring (bicyclic) bond motifs is 4. The molecule has 154 valence electrons. The molecule has 3 fully saturated rings. The van der Waals surface area contributed by atoms with Gasteiger partial charge in [-0.05, 0) is 25.8 Å². The van der Waals surface area contributed by atoms with E-state index in [0.717, 1.165) is 12.8 Å². The number of anilines is 1. The van der Waals surface area contributed by atoms with E-state index in [4.69, 9.17) is 16.3 Å². The Labute approximate surface area is 172 Å². The molecule has 0 radical (unpaired) electrons. The Morgan fingerprint density at radius 1 is 1.34 bits per heavy atom. The second-order valence-electron chi connectivity index (χ2n) is 8.26. The number of benzene rings is 1. The van der Waals surface area contributed by atoms with Crippen molar-refractivity contribution in [2.24, 2.45) is 11.8 Å². The number of hydrogen-bond donors (Lipinski definition) is 3. The van der Waals surface area contributed by atoms with Crippen LogP contribution in [0.25, 0.3) is 0 Å². The van der Waals surface area contributed by atoms with Gasteiger partial charge in [-0.1, -0.05) is 23.7 Å². The van der Waals surface area contributed by atoms with Gasteiger partial charge < -0.3 is 15.2 Å². The minimum absolute atomic E-state index is 0.178. The van der Waals surface area contributed by atoms with Crippen LogP contribution in [-0.2, 0) is 24.7 Å². The van der Waals surface area contributed by atoms with Crippen molar-refractivity contribution < 1.29 is 24.2 Å². The van der Waals surface area contributed by atoms with Crippen molar-refractivity contribution in [3.8, 4) is 0 Å². The predicted molar refractivity (Wildman–Crippen MR) is 103 cm³/mol. The maximum absolute atomic E-state index is 13.5. The summed E-state index contributed by atoms with van der Waals surface area (Å²) in [7, 11) is 0. The number of carbonyl (C=O) groups is 3. The number of para-hydroxylation sites is 1. The predicted octanol–water partition coefficient (Wildman–Crippen LogP) is 0.620. The lowest BCUT2D eigenvalue weighted by molar-refractivity contribution is -0.144. The van der Waals surface area contributed by atoms with Crippen LogP contribution in [0.5, 0.6) is 0 Å². The summed E-state index contributed by atoms with van der Waals surface area (Å²) >= 11 is 6.27. The fourth-order valence-electron chi connectivity index (χ4n) is 5.37. The van der Waals surface area contributed by atoms with E-state index in [1.807, 2.05) is 0 Å². The van der Waals surface area contributed by atoms with Crippen LogP contribution in [0.1, 0.15) is 25.3 Å². The standard InChI is InChI=1S/C20H22ClN3O5/c1-9(25)15-13-14(18(27)24(17(13)26)8-10-4-3-7-29-10)20(23-15)11-5-2-6-12(21)16(11)22-19(20)28/h2,5-6,9-10,13-15,23,25H,3-4,7-8H2,1H3,(H,22,28)/t9-,10+,13-,14-,15+,20-/m1/s1. The van der Waals surface area contributed by atoms with E-state index >= 15 is 0 Å². The van der Waals surface area contributed by atoms with Crippen molar-refractivity contribution in [3.05, 3.63) is 28.8 Å². The van der Waals surface area contributed by atoms with E-state index in [1.165, 1.54) is 4.90 Å². The second-order valence-corrected chi connectivity index (χ2v) is 8.67. The van der Waals surface area contributed by atoms with E-state index in [2.05, 4.69) is 10.6 Å². The Morgan fingerprint density at radius 2 is 2.14 bits per heavy atom. The Morgan fingerprint density at radius 3 is 2.83 bits per heavy atom. The fourth-order valence-corrected chi connectivity index (χ4v) is 5.59. The zero-order chi connectivity index (χ0) is 20.5. The van der Waals surface area contributed by atoms with Crippen LogP contribution < -0.4 is 10.6 Å². The second kappa shape index (κ2) is 6.50. The van der Waals surface area contributed by atoms with Gasteiger partial charge in [0.2, 0.25) is 17.7 Å². The number of halogens is 1. The van der Waals surface area contributed by atoms with Crippen LogP contribution in [0, 0.1) is 11.8 Å². The third kappa shape index (κ3) is 2.46. The normalized spacial score (nSPS) is 36.7. The van der Waals surface area contributed by atoms with Crippen molar-refractivity contribution in [3.63, 3.8) is 0 Å². The zero-order valence-corrected chi connectivity index (χ0v) is 16.6. The SMILES string of the molecule is C[C@@H](O)[C@@H]1N[C@@]2(C(=O)Nc3c(Cl)cccc32)[C@H]2C(=O)N(C[C@@H]3CCCO3)C(=O)[C@@H]12. The van der Waals surface area contributed by atoms with Gasteiger partial charge in [-0.15, -0.1) is 0 Å². The largest absolute Gasteiger partial charge is 0.392 e. The van der Waals surface area contributed by atoms with E-state index in [9.17, 15) is 19.5 Å². The number of aliphatic hydroxyl groups excluding tert-OH is 1. The number of ether oxygens (including phenoxy) is 1. The summed E-state index contributed by atoms with van der Waals surface area (Å²) in [6.07, 6.45) is 0.561. The minimum Gasteiger partial charge on any atom is -0.392 e. The molecule has 8 nitrogen and oxygen atoms in total. The molecule has 0 unspecified atom stereocenters. The first-order valence-electron chi connectivity index (χ1n) is 9.89. The van der Waals surface area contributed by atoms with Crippen molar-refractivity contribution in [2.45, 2.75) is 43.6 Å². The lowest BCUT2D eigenvalue weighted by Crippen LogP contribution is -2.55. The van der Waals surface area contributed by atoms with Crippen LogP contribution in [0.15, 0.2) is 18.2 Å². The van der Waals surface area contributed by atoms with Crippen LogP contribution in [-0.4, -0.2) is 59.1 Å². The van der Waals surface area contributed by atoms with Gasteiger partial charge in [-0.2, -0.15) is 0 Å². The van der Waals surface area contributed by atoms with Crippen LogP contribution in [0.3, 0.4) is 0 Å². The number of hydrogen-bond acceptors (Lipinski definition) is 6. The highest BCUT2D eigenvalue weighted by molar-refractivity contribution is 6.35. The monoisotopic (exact) mass is 419 g/mol. The van der Waals surface area contributed by atoms with Gasteiger partial charge in [0.25, 0.3) is 0 Å². The van der Waals surface area contributed by atoms with Crippen molar-refractivity contribution >= 4 is 35.0 Å². The Balaban J connectivity index is 1.61. The quantitative estimate of drug-likeness (QED) is 0.620. The van der Waals surface area contributed by atoms with Crippen molar-refractivity contribution in [1.82, 2.24) is 10.2 Å². The number of nitrogens with zero attached hydrogens (tertiary/aromatic N) is 1. The average molecular weight is 420 g/mol. The molecule has 4 aliphatic rings. The Bertz CT molecular complexity index is 915. The highest BCUT2D eigenvalue weighted by Crippen LogP contribution is 2.54. The molecule has 6 atom stereocenters. The molecule has 1 aromatic carbocycles. The van der Waals surface area contributed by atoms with Gasteiger partial charge in [0.05, 0.1) is 41.3 Å². The van der Waals surface area contributed by atoms with E-state index in [1.54, 1.807) is 25.1 Å². The first-order valence-corrected chi connectivity index (χ1v) is 10.3. The number of amides is 3. The molecular weight excluding hydrogens is 398 g/mol. The van der Waals surface area contributed by atoms with Gasteiger partial charge in [-0.3, -0.25) is 24.6 Å². The van der Waals surface area contributed by atoms with Crippen LogP contribution >= 0.6 is 11.6 Å². The molecule has 0 saturated carbocycles. The smallest absolute Gasteiger partial charge is 0.250 e. The molecule has 0 bridgehead atoms. The highest BCUT2D eigenvalue weighted by Gasteiger charge is 2.71. The molecule has 1 aromatic rings. The van der Waals surface area contributed by atoms with Gasteiger partial charge in [0, 0.05) is 18.2 Å². The summed E-state index contributed by atoms with van der Waals surface area (Å²) in [6, 6.07) is 4.36. The lowest BCUT2D eigenvalue weighted by atomic mass is 9.76. The number of imide groups is 1. The molecule has 4 heterocycles. The topological polar surface area (TPSA) is 108 Å². The molecular formula is C20H22ClN3O5. The Kier molecular flexibility index (Phi) is 4.26. The maximum Gasteiger partial charge on any atom is 0.250 e. The summed E-state index contributed by atoms with van der Waals surface area (Å²) in [5.74, 6) is -2.99. The summed E-state index contributed by atoms with van der Waals surface area (Å²) < 4.78 is 5.61. The van der Waals surface area contributed by atoms with E-state index in [0.29, 0.717) is 22.9 Å². The summed E-state index contributed by atoms with van der Waals surface area (Å²) in [5.41, 5.74) is -0.465. The summed E-state index contributed by atoms with van der Waals surface area (Å²) in [6.45, 7) is 2.35. The number of aliphatic hydroxyl groups is 1. The molecule has 3 amide bonds. The summed E-state index contributed by atoms with van der Waals surface area (Å²) in [5, 5.41) is 16.7. The lowest BCUT2D eigenvalue weighted by Gasteiger charge is -2.30. The molecule has 9 heteroatoms. The number of carbonyl (C=O) groups excluding carboxylic acids is 3. The third-order valence-corrected chi connectivity index (χ3v) is 6.97. The molecule has 1 spiro atoms. The van der Waals surface area contributed by atoms with Crippen LogP contribution in [0.2, 0.25) is 5.02 Å². The first kappa shape index (κ1) is 19.0. The molecule has 3 saturated heterocycles. The van der Waals surface area contributed by atoms with Gasteiger partial charge in [0.1, 0.15) is 5.54 Å². The zero-order valence-electron chi connectivity index (χ0n) is 15.9. The van der Waals surface area contributed by atoms with Crippen molar-refractivity contribution in [1.29, 1.82) is 0 Å². The number of rotatable bonds is 3. The maximum atomic E-state index is 13.5. The van der Waals surface area contributed by atoms with Gasteiger partial charge >= 0.3 is 0 Å². The van der Waals surface area contributed by atoms with E-state index < -0.39 is 41.3 Å². The van der Waals surface area contributed by atoms with Crippen LogP contribution in [0.4, 0.5) is 5.69 Å². The number of nitrogens with one attached hydrogen (secondary N) is 2. The first-order chi connectivity index (χ1) is 13.9. The van der Waals surface area contributed by atoms with E-state index in [-0.39, 0.29) is 18.6 Å². The Hall–Kier alpha value is -2.00. The number of likely N-dealkylation sites (tertiary alicyclic amines) is 1. The molecule has 0 aliphatic carbocycles. The molecule has 5 rings (SSSR count). The van der Waals surface area contributed by atoms with Gasteiger partial charge in [0.15, 0.2) is 0 Å². The fraction of sp³-hybridized carbons (Fsp3) is 0.550. The highest BCUT2D eigenvalue weighted by atomic mass is 35.5. The molecule has 3 N–H and O–H groups in total. The molecule has 0 aromatic heterocycles. The van der Waals surface area contributed by atoms with Gasteiger partial charge in [-0.25, -0.2) is 0 Å².